The van der Waals surface area contributed by atoms with Crippen molar-refractivity contribution in [2.75, 3.05) is 5.32 Å². The van der Waals surface area contributed by atoms with Crippen LogP contribution in [0.4, 0.5) is 5.69 Å². The molecule has 2 heterocycles. The first-order valence-electron chi connectivity index (χ1n) is 9.80. The first-order valence-corrected chi connectivity index (χ1v) is 10.2. The van der Waals surface area contributed by atoms with Crippen LogP contribution in [0.25, 0.3) is 32.9 Å². The second-order valence-corrected chi connectivity index (χ2v) is 7.95. The van der Waals surface area contributed by atoms with Gasteiger partial charge in [0.25, 0.3) is 0 Å². The van der Waals surface area contributed by atoms with Crippen LogP contribution < -0.4 is 10.9 Å². The fraction of sp³-hybridized carbons (Fsp3) is 0.0385. The highest BCUT2D eigenvalue weighted by atomic mass is 35.5. The third-order valence-corrected chi connectivity index (χ3v) is 6.07. The lowest BCUT2D eigenvalue weighted by molar-refractivity contribution is 0.547. The number of hydrogen-bond donors (Lipinski definition) is 1. The molecule has 0 radical (unpaired) electrons. The third kappa shape index (κ3) is 2.49. The third-order valence-electron chi connectivity index (χ3n) is 5.82. The molecule has 0 bridgehead atoms. The van der Waals surface area contributed by atoms with E-state index < -0.39 is 0 Å². The lowest BCUT2D eigenvalue weighted by atomic mass is 9.83. The SMILES string of the molecule is O=c1oc2ccccc2c2c1[C@H](c1ccc(Cl)cc1)Nc1ccc3ccccc3c1-2. The molecular formula is C26H16ClNO2. The van der Waals surface area contributed by atoms with Crippen LogP contribution >= 0.6 is 11.6 Å². The topological polar surface area (TPSA) is 42.2 Å². The van der Waals surface area contributed by atoms with Crippen molar-refractivity contribution >= 4 is 39.0 Å². The van der Waals surface area contributed by atoms with Crippen LogP contribution in [0.5, 0.6) is 0 Å². The molecule has 6 rings (SSSR count). The van der Waals surface area contributed by atoms with Gasteiger partial charge in [-0.05, 0) is 40.6 Å². The molecule has 1 aromatic heterocycles. The molecule has 0 saturated heterocycles. The zero-order chi connectivity index (χ0) is 20.2. The second kappa shape index (κ2) is 6.48. The van der Waals surface area contributed by atoms with Crippen molar-refractivity contribution in [3.63, 3.8) is 0 Å². The molecule has 0 unspecified atom stereocenters. The van der Waals surface area contributed by atoms with Crippen LogP contribution in [0.3, 0.4) is 0 Å². The molecule has 4 aromatic carbocycles. The summed E-state index contributed by atoms with van der Waals surface area (Å²) in [5, 5.41) is 7.41. The molecule has 5 aromatic rings. The zero-order valence-corrected chi connectivity index (χ0v) is 16.6. The average Bonchev–Trinajstić information content (AvgIpc) is 2.78. The summed E-state index contributed by atoms with van der Waals surface area (Å²) in [6.45, 7) is 0. The quantitative estimate of drug-likeness (QED) is 0.310. The Hall–Kier alpha value is -3.56. The van der Waals surface area contributed by atoms with E-state index >= 15 is 0 Å². The van der Waals surface area contributed by atoms with Crippen LogP contribution in [0.2, 0.25) is 5.02 Å². The van der Waals surface area contributed by atoms with E-state index in [1.165, 1.54) is 0 Å². The maximum Gasteiger partial charge on any atom is 0.342 e. The van der Waals surface area contributed by atoms with Gasteiger partial charge in [-0.15, -0.1) is 0 Å². The van der Waals surface area contributed by atoms with E-state index in [9.17, 15) is 4.79 Å². The van der Waals surface area contributed by atoms with Gasteiger partial charge in [0.15, 0.2) is 0 Å². The molecule has 1 aliphatic rings. The highest BCUT2D eigenvalue weighted by Crippen LogP contribution is 2.47. The Labute approximate surface area is 177 Å². The van der Waals surface area contributed by atoms with E-state index in [-0.39, 0.29) is 11.7 Å². The normalized spacial score (nSPS) is 14.9. The van der Waals surface area contributed by atoms with Gasteiger partial charge in [-0.2, -0.15) is 0 Å². The largest absolute Gasteiger partial charge is 0.422 e. The van der Waals surface area contributed by atoms with Crippen molar-refractivity contribution in [1.82, 2.24) is 0 Å². The summed E-state index contributed by atoms with van der Waals surface area (Å²) in [6.07, 6.45) is 0. The van der Waals surface area contributed by atoms with Crippen molar-refractivity contribution in [3.8, 4) is 11.1 Å². The van der Waals surface area contributed by atoms with Gasteiger partial charge in [0.1, 0.15) is 5.58 Å². The molecule has 1 N–H and O–H groups in total. The standard InChI is InChI=1S/C26H16ClNO2/c27-17-12-9-16(10-13-17)25-24-23(19-7-3-4-8-21(19)30-26(24)29)22-18-6-2-1-5-15(18)11-14-20(22)28-25/h1-14,25,28H/t25-/m0/s1. The lowest BCUT2D eigenvalue weighted by Gasteiger charge is -2.30. The van der Waals surface area contributed by atoms with Gasteiger partial charge in [0.2, 0.25) is 0 Å². The Morgan fingerprint density at radius 3 is 2.33 bits per heavy atom. The maximum atomic E-state index is 13.2. The Morgan fingerprint density at radius 2 is 1.50 bits per heavy atom. The van der Waals surface area contributed by atoms with Gasteiger partial charge in [-0.3, -0.25) is 0 Å². The molecule has 144 valence electrons. The number of rotatable bonds is 1. The zero-order valence-electron chi connectivity index (χ0n) is 15.9. The van der Waals surface area contributed by atoms with Gasteiger partial charge < -0.3 is 9.73 Å². The van der Waals surface area contributed by atoms with Crippen molar-refractivity contribution < 1.29 is 4.42 Å². The van der Waals surface area contributed by atoms with E-state index in [2.05, 4.69) is 29.6 Å². The van der Waals surface area contributed by atoms with E-state index in [0.717, 1.165) is 38.5 Å². The van der Waals surface area contributed by atoms with E-state index in [1.54, 1.807) is 0 Å². The summed E-state index contributed by atoms with van der Waals surface area (Å²) < 4.78 is 5.74. The van der Waals surface area contributed by atoms with Crippen molar-refractivity contribution in [1.29, 1.82) is 0 Å². The van der Waals surface area contributed by atoms with Crippen LogP contribution in [-0.4, -0.2) is 0 Å². The summed E-state index contributed by atoms with van der Waals surface area (Å²) in [5.74, 6) is 0. The number of fused-ring (bicyclic) bond motifs is 7. The minimum atomic E-state index is -0.327. The van der Waals surface area contributed by atoms with Crippen LogP contribution in [-0.2, 0) is 0 Å². The summed E-state index contributed by atoms with van der Waals surface area (Å²) >= 11 is 6.11. The first-order chi connectivity index (χ1) is 14.7. The predicted octanol–water partition coefficient (Wildman–Crippen LogP) is 6.78. The highest BCUT2D eigenvalue weighted by Gasteiger charge is 2.32. The van der Waals surface area contributed by atoms with Crippen LogP contribution in [0.15, 0.2) is 94.1 Å². The second-order valence-electron chi connectivity index (χ2n) is 7.51. The van der Waals surface area contributed by atoms with Gasteiger partial charge in [0.05, 0.1) is 11.6 Å². The fourth-order valence-electron chi connectivity index (χ4n) is 4.49. The highest BCUT2D eigenvalue weighted by molar-refractivity contribution is 6.30. The van der Waals surface area contributed by atoms with Gasteiger partial charge in [-0.25, -0.2) is 4.79 Å². The van der Waals surface area contributed by atoms with Gasteiger partial charge in [0, 0.05) is 27.2 Å². The molecule has 1 aliphatic heterocycles. The van der Waals surface area contributed by atoms with Crippen LogP contribution in [0.1, 0.15) is 17.2 Å². The lowest BCUT2D eigenvalue weighted by Crippen LogP contribution is -2.25. The monoisotopic (exact) mass is 409 g/mol. The first kappa shape index (κ1) is 17.3. The molecule has 3 nitrogen and oxygen atoms in total. The molecular weight excluding hydrogens is 394 g/mol. The molecule has 1 atom stereocenters. The molecule has 0 spiro atoms. The van der Waals surface area contributed by atoms with Crippen molar-refractivity contribution in [2.24, 2.45) is 0 Å². The molecule has 30 heavy (non-hydrogen) atoms. The maximum absolute atomic E-state index is 13.2. The van der Waals surface area contributed by atoms with Crippen LogP contribution in [0, 0.1) is 0 Å². The Morgan fingerprint density at radius 1 is 0.767 bits per heavy atom. The molecule has 4 heteroatoms. The number of benzene rings is 4. The molecule has 0 amide bonds. The Balaban J connectivity index is 1.77. The number of para-hydroxylation sites is 1. The van der Waals surface area contributed by atoms with Gasteiger partial charge in [-0.1, -0.05) is 72.3 Å². The molecule has 0 aliphatic carbocycles. The summed E-state index contributed by atoms with van der Waals surface area (Å²) in [7, 11) is 0. The minimum Gasteiger partial charge on any atom is -0.422 e. The summed E-state index contributed by atoms with van der Waals surface area (Å²) in [6, 6.07) is 27.4. The molecule has 0 saturated carbocycles. The summed E-state index contributed by atoms with van der Waals surface area (Å²) in [5.41, 5.74) is 4.83. The minimum absolute atomic E-state index is 0.324. The van der Waals surface area contributed by atoms with E-state index in [0.29, 0.717) is 16.2 Å². The number of anilines is 1. The number of nitrogens with one attached hydrogen (secondary N) is 1. The number of halogens is 1. The van der Waals surface area contributed by atoms with Crippen molar-refractivity contribution in [3.05, 3.63) is 111 Å². The van der Waals surface area contributed by atoms with E-state index in [1.807, 2.05) is 60.7 Å². The Bertz CT molecular complexity index is 1500. The average molecular weight is 410 g/mol. The predicted molar refractivity (Wildman–Crippen MR) is 122 cm³/mol. The number of hydrogen-bond acceptors (Lipinski definition) is 3. The van der Waals surface area contributed by atoms with Crippen molar-refractivity contribution in [2.45, 2.75) is 6.04 Å². The van der Waals surface area contributed by atoms with Gasteiger partial charge >= 0.3 is 5.63 Å². The smallest absolute Gasteiger partial charge is 0.342 e. The summed E-state index contributed by atoms with van der Waals surface area (Å²) in [4.78, 5) is 13.2. The molecule has 0 fully saturated rings. The van der Waals surface area contributed by atoms with E-state index in [4.69, 9.17) is 16.0 Å². The Kier molecular flexibility index (Phi) is 3.74. The fourth-order valence-corrected chi connectivity index (χ4v) is 4.62.